The van der Waals surface area contributed by atoms with Crippen molar-refractivity contribution in [2.75, 3.05) is 26.2 Å². The van der Waals surface area contributed by atoms with E-state index < -0.39 is 0 Å². The van der Waals surface area contributed by atoms with Crippen LogP contribution in [0.3, 0.4) is 0 Å². The van der Waals surface area contributed by atoms with Crippen LogP contribution >= 0.6 is 0 Å². The lowest BCUT2D eigenvalue weighted by Crippen LogP contribution is -2.55. The minimum Gasteiger partial charge on any atom is -0.374 e. The normalized spacial score (nSPS) is 26.1. The molecule has 102 valence electrons. The van der Waals surface area contributed by atoms with Crippen LogP contribution < -0.4 is 5.32 Å². The Morgan fingerprint density at radius 2 is 2.00 bits per heavy atom. The largest absolute Gasteiger partial charge is 0.374 e. The second-order valence-corrected chi connectivity index (χ2v) is 5.47. The first-order chi connectivity index (χ1) is 8.10. The summed E-state index contributed by atoms with van der Waals surface area (Å²) in [5.41, 5.74) is 0. The average Bonchev–Trinajstić information content (AvgIpc) is 2.35. The fourth-order valence-electron chi connectivity index (χ4n) is 2.57. The van der Waals surface area contributed by atoms with Gasteiger partial charge in [-0.2, -0.15) is 0 Å². The van der Waals surface area contributed by atoms with Crippen molar-refractivity contribution in [2.45, 2.75) is 59.2 Å². The molecule has 0 aromatic rings. The van der Waals surface area contributed by atoms with E-state index >= 15 is 0 Å². The summed E-state index contributed by atoms with van der Waals surface area (Å²) in [7, 11) is 0. The number of hydrogen-bond acceptors (Lipinski definition) is 3. The third-order valence-electron chi connectivity index (χ3n) is 3.95. The van der Waals surface area contributed by atoms with Crippen LogP contribution in [-0.2, 0) is 4.74 Å². The van der Waals surface area contributed by atoms with Crippen molar-refractivity contribution in [1.82, 2.24) is 10.2 Å². The standard InChI is InChI=1S/C14H30N2O/c1-6-12(5)14(15-7-2)13-10-16(11(3)4)8-9-17-13/h11-15H,6-10H2,1-5H3. The van der Waals surface area contributed by atoms with Gasteiger partial charge < -0.3 is 10.1 Å². The van der Waals surface area contributed by atoms with Crippen LogP contribution in [0.4, 0.5) is 0 Å². The molecule has 0 aromatic carbocycles. The van der Waals surface area contributed by atoms with Gasteiger partial charge in [-0.25, -0.2) is 0 Å². The van der Waals surface area contributed by atoms with Gasteiger partial charge in [-0.1, -0.05) is 27.2 Å². The molecule has 1 aliphatic rings. The molecule has 1 N–H and O–H groups in total. The molecule has 0 aromatic heterocycles. The first kappa shape index (κ1) is 14.9. The predicted molar refractivity (Wildman–Crippen MR) is 73.4 cm³/mol. The highest BCUT2D eigenvalue weighted by atomic mass is 16.5. The van der Waals surface area contributed by atoms with Gasteiger partial charge in [-0.05, 0) is 26.3 Å². The van der Waals surface area contributed by atoms with Gasteiger partial charge in [0.1, 0.15) is 0 Å². The Hall–Kier alpha value is -0.120. The number of likely N-dealkylation sites (N-methyl/N-ethyl adjacent to an activating group) is 1. The van der Waals surface area contributed by atoms with E-state index in [1.807, 2.05) is 0 Å². The van der Waals surface area contributed by atoms with E-state index in [0.717, 1.165) is 26.2 Å². The Bertz CT molecular complexity index is 208. The number of morpholine rings is 1. The minimum absolute atomic E-state index is 0.348. The maximum atomic E-state index is 5.99. The van der Waals surface area contributed by atoms with Gasteiger partial charge >= 0.3 is 0 Å². The summed E-state index contributed by atoms with van der Waals surface area (Å²) in [6, 6.07) is 1.12. The van der Waals surface area contributed by atoms with Crippen molar-refractivity contribution in [2.24, 2.45) is 5.92 Å². The molecule has 0 aliphatic carbocycles. The van der Waals surface area contributed by atoms with E-state index in [-0.39, 0.29) is 0 Å². The maximum absolute atomic E-state index is 5.99. The third-order valence-corrected chi connectivity index (χ3v) is 3.95. The molecule has 0 bridgehead atoms. The molecular formula is C14H30N2O. The van der Waals surface area contributed by atoms with Crippen LogP contribution in [0.5, 0.6) is 0 Å². The van der Waals surface area contributed by atoms with Gasteiger partial charge in [0.25, 0.3) is 0 Å². The number of nitrogens with zero attached hydrogens (tertiary/aromatic N) is 1. The van der Waals surface area contributed by atoms with E-state index in [2.05, 4.69) is 44.8 Å². The van der Waals surface area contributed by atoms with E-state index in [9.17, 15) is 0 Å². The molecule has 17 heavy (non-hydrogen) atoms. The third kappa shape index (κ3) is 4.23. The number of hydrogen-bond donors (Lipinski definition) is 1. The zero-order valence-corrected chi connectivity index (χ0v) is 12.2. The summed E-state index contributed by atoms with van der Waals surface area (Å²) in [5, 5.41) is 3.61. The molecular weight excluding hydrogens is 212 g/mol. The Morgan fingerprint density at radius 1 is 1.29 bits per heavy atom. The summed E-state index contributed by atoms with van der Waals surface area (Å²) < 4.78 is 5.99. The fraction of sp³-hybridized carbons (Fsp3) is 1.00. The van der Waals surface area contributed by atoms with E-state index in [0.29, 0.717) is 24.1 Å². The zero-order valence-electron chi connectivity index (χ0n) is 12.2. The quantitative estimate of drug-likeness (QED) is 0.772. The van der Waals surface area contributed by atoms with Gasteiger partial charge in [0.05, 0.1) is 12.7 Å². The van der Waals surface area contributed by atoms with Gasteiger partial charge in [0, 0.05) is 25.2 Å². The van der Waals surface area contributed by atoms with Crippen molar-refractivity contribution in [3.8, 4) is 0 Å². The first-order valence-electron chi connectivity index (χ1n) is 7.19. The van der Waals surface area contributed by atoms with Crippen molar-refractivity contribution in [3.63, 3.8) is 0 Å². The number of rotatable bonds is 6. The Labute approximate surface area is 107 Å². The molecule has 3 nitrogen and oxygen atoms in total. The van der Waals surface area contributed by atoms with Crippen molar-refractivity contribution >= 4 is 0 Å². The highest BCUT2D eigenvalue weighted by molar-refractivity contribution is 4.86. The monoisotopic (exact) mass is 242 g/mol. The molecule has 3 atom stereocenters. The summed E-state index contributed by atoms with van der Waals surface area (Å²) in [4.78, 5) is 2.53. The molecule has 3 heteroatoms. The van der Waals surface area contributed by atoms with Gasteiger partial charge in [0.15, 0.2) is 0 Å². The number of ether oxygens (including phenoxy) is 1. The number of nitrogens with one attached hydrogen (secondary N) is 1. The lowest BCUT2D eigenvalue weighted by molar-refractivity contribution is -0.0635. The summed E-state index contributed by atoms with van der Waals surface area (Å²) in [6.07, 6.45) is 1.56. The van der Waals surface area contributed by atoms with Gasteiger partial charge in [-0.15, -0.1) is 0 Å². The van der Waals surface area contributed by atoms with Crippen LogP contribution in [-0.4, -0.2) is 49.3 Å². The fourth-order valence-corrected chi connectivity index (χ4v) is 2.57. The SMILES string of the molecule is CCNC(C(C)CC)C1CN(C(C)C)CCO1. The summed E-state index contributed by atoms with van der Waals surface area (Å²) >= 11 is 0. The molecule has 1 rings (SSSR count). The van der Waals surface area contributed by atoms with Crippen LogP contribution in [0, 0.1) is 5.92 Å². The van der Waals surface area contributed by atoms with Crippen LogP contribution in [0.1, 0.15) is 41.0 Å². The lowest BCUT2D eigenvalue weighted by Gasteiger charge is -2.41. The summed E-state index contributed by atoms with van der Waals surface area (Å²) in [5.74, 6) is 0.673. The Morgan fingerprint density at radius 3 is 2.53 bits per heavy atom. The predicted octanol–water partition coefficient (Wildman–Crippen LogP) is 2.12. The van der Waals surface area contributed by atoms with Gasteiger partial charge in [-0.3, -0.25) is 4.90 Å². The van der Waals surface area contributed by atoms with E-state index in [1.54, 1.807) is 0 Å². The van der Waals surface area contributed by atoms with Crippen LogP contribution in [0.2, 0.25) is 0 Å². The van der Waals surface area contributed by atoms with Crippen molar-refractivity contribution < 1.29 is 4.74 Å². The van der Waals surface area contributed by atoms with Crippen molar-refractivity contribution in [3.05, 3.63) is 0 Å². The molecule has 1 saturated heterocycles. The molecule has 1 heterocycles. The minimum atomic E-state index is 0.348. The van der Waals surface area contributed by atoms with Crippen LogP contribution in [0.25, 0.3) is 0 Å². The average molecular weight is 242 g/mol. The van der Waals surface area contributed by atoms with E-state index in [1.165, 1.54) is 6.42 Å². The molecule has 0 radical (unpaired) electrons. The summed E-state index contributed by atoms with van der Waals surface area (Å²) in [6.45, 7) is 15.4. The molecule has 3 unspecified atom stereocenters. The molecule has 1 aliphatic heterocycles. The molecule has 0 spiro atoms. The zero-order chi connectivity index (χ0) is 12.8. The molecule has 0 saturated carbocycles. The van der Waals surface area contributed by atoms with Crippen LogP contribution in [0.15, 0.2) is 0 Å². The second-order valence-electron chi connectivity index (χ2n) is 5.47. The Kier molecular flexibility index (Phi) is 6.45. The smallest absolute Gasteiger partial charge is 0.0857 e. The van der Waals surface area contributed by atoms with Gasteiger partial charge in [0.2, 0.25) is 0 Å². The highest BCUT2D eigenvalue weighted by Gasteiger charge is 2.31. The molecule has 0 amide bonds. The Balaban J connectivity index is 2.60. The molecule has 1 fully saturated rings. The van der Waals surface area contributed by atoms with Crippen molar-refractivity contribution in [1.29, 1.82) is 0 Å². The lowest BCUT2D eigenvalue weighted by atomic mass is 9.93. The topological polar surface area (TPSA) is 24.5 Å². The van der Waals surface area contributed by atoms with E-state index in [4.69, 9.17) is 4.74 Å². The maximum Gasteiger partial charge on any atom is 0.0857 e. The first-order valence-corrected chi connectivity index (χ1v) is 7.19. The second kappa shape index (κ2) is 7.34. The highest BCUT2D eigenvalue weighted by Crippen LogP contribution is 2.18.